The van der Waals surface area contributed by atoms with Crippen LogP contribution in [0.2, 0.25) is 0 Å². The first-order valence-corrected chi connectivity index (χ1v) is 9.93. The number of pyridine rings is 1. The lowest BCUT2D eigenvalue weighted by Crippen LogP contribution is -2.13. The quantitative estimate of drug-likeness (QED) is 0.449. The van der Waals surface area contributed by atoms with Crippen LogP contribution in [-0.2, 0) is 6.42 Å². The average Bonchev–Trinajstić information content (AvgIpc) is 2.73. The van der Waals surface area contributed by atoms with Crippen LogP contribution in [0.15, 0.2) is 72.8 Å². The zero-order valence-corrected chi connectivity index (χ0v) is 17.0. The molecule has 0 fully saturated rings. The van der Waals surface area contributed by atoms with Crippen LogP contribution in [0.3, 0.4) is 0 Å². The summed E-state index contributed by atoms with van der Waals surface area (Å²) in [5.74, 6) is -0.122. The van der Waals surface area contributed by atoms with Crippen molar-refractivity contribution in [2.45, 2.75) is 27.2 Å². The van der Waals surface area contributed by atoms with Crippen LogP contribution in [0.4, 0.5) is 5.69 Å². The van der Waals surface area contributed by atoms with E-state index in [4.69, 9.17) is 4.98 Å². The van der Waals surface area contributed by atoms with E-state index in [9.17, 15) is 4.79 Å². The Morgan fingerprint density at radius 1 is 0.931 bits per heavy atom. The van der Waals surface area contributed by atoms with Gasteiger partial charge in [0.2, 0.25) is 0 Å². The molecule has 3 heteroatoms. The molecule has 4 rings (SSSR count). The molecule has 0 atom stereocenters. The summed E-state index contributed by atoms with van der Waals surface area (Å²) in [6.45, 7) is 6.26. The van der Waals surface area contributed by atoms with Gasteiger partial charge in [-0.3, -0.25) is 4.79 Å². The largest absolute Gasteiger partial charge is 0.322 e. The van der Waals surface area contributed by atoms with Crippen molar-refractivity contribution in [3.63, 3.8) is 0 Å². The number of fused-ring (bicyclic) bond motifs is 1. The van der Waals surface area contributed by atoms with Crippen molar-refractivity contribution in [3.8, 4) is 11.3 Å². The van der Waals surface area contributed by atoms with E-state index in [1.165, 1.54) is 11.1 Å². The smallest absolute Gasteiger partial charge is 0.256 e. The summed E-state index contributed by atoms with van der Waals surface area (Å²) in [4.78, 5) is 18.0. The number of para-hydroxylation sites is 1. The van der Waals surface area contributed by atoms with E-state index in [1.54, 1.807) is 0 Å². The van der Waals surface area contributed by atoms with E-state index < -0.39 is 0 Å². The van der Waals surface area contributed by atoms with E-state index in [-0.39, 0.29) is 5.91 Å². The Hall–Kier alpha value is -3.46. The van der Waals surface area contributed by atoms with Gasteiger partial charge in [0.15, 0.2) is 0 Å². The van der Waals surface area contributed by atoms with Crippen molar-refractivity contribution >= 4 is 22.5 Å². The molecule has 1 aromatic heterocycles. The van der Waals surface area contributed by atoms with Crippen molar-refractivity contribution < 1.29 is 4.79 Å². The maximum absolute atomic E-state index is 13.2. The Bertz CT molecular complexity index is 1210. The topological polar surface area (TPSA) is 42.0 Å². The third kappa shape index (κ3) is 3.90. The van der Waals surface area contributed by atoms with Crippen LogP contribution in [-0.4, -0.2) is 10.9 Å². The Kier molecular flexibility index (Phi) is 5.13. The highest BCUT2D eigenvalue weighted by atomic mass is 16.1. The van der Waals surface area contributed by atoms with Crippen molar-refractivity contribution in [1.29, 1.82) is 0 Å². The molecule has 144 valence electrons. The monoisotopic (exact) mass is 380 g/mol. The molecule has 0 aliphatic heterocycles. The number of anilines is 1. The molecule has 1 N–H and O–H groups in total. The van der Waals surface area contributed by atoms with E-state index in [1.807, 2.05) is 48.5 Å². The predicted octanol–water partition coefficient (Wildman–Crippen LogP) is 6.33. The van der Waals surface area contributed by atoms with Gasteiger partial charge in [0, 0.05) is 16.6 Å². The SMILES string of the molecule is CCc1cccc(NC(=O)c2cc(-c3ccc(C)cc3C)nc3ccccc23)c1. The molecular weight excluding hydrogens is 356 g/mol. The second-order valence-corrected chi connectivity index (χ2v) is 7.40. The first kappa shape index (κ1) is 18.9. The van der Waals surface area contributed by atoms with Gasteiger partial charge in [-0.25, -0.2) is 4.98 Å². The summed E-state index contributed by atoms with van der Waals surface area (Å²) in [5, 5.41) is 3.91. The Morgan fingerprint density at radius 3 is 2.55 bits per heavy atom. The summed E-state index contributed by atoms with van der Waals surface area (Å²) in [6, 6.07) is 24.0. The van der Waals surface area contributed by atoms with Crippen LogP contribution in [0.1, 0.15) is 34.0 Å². The summed E-state index contributed by atoms with van der Waals surface area (Å²) < 4.78 is 0. The number of nitrogens with one attached hydrogen (secondary N) is 1. The summed E-state index contributed by atoms with van der Waals surface area (Å²) in [6.07, 6.45) is 0.929. The zero-order chi connectivity index (χ0) is 20.4. The van der Waals surface area contributed by atoms with E-state index in [0.717, 1.165) is 39.8 Å². The molecule has 4 aromatic rings. The van der Waals surface area contributed by atoms with E-state index in [0.29, 0.717) is 5.56 Å². The fourth-order valence-corrected chi connectivity index (χ4v) is 3.67. The minimum absolute atomic E-state index is 0.122. The highest BCUT2D eigenvalue weighted by molar-refractivity contribution is 6.13. The molecule has 0 unspecified atom stereocenters. The minimum atomic E-state index is -0.122. The molecule has 0 bridgehead atoms. The van der Waals surface area contributed by atoms with Gasteiger partial charge < -0.3 is 5.32 Å². The molecule has 0 saturated carbocycles. The van der Waals surface area contributed by atoms with Crippen molar-refractivity contribution in [2.75, 3.05) is 5.32 Å². The number of aryl methyl sites for hydroxylation is 3. The summed E-state index contributed by atoms with van der Waals surface area (Å²) >= 11 is 0. The summed E-state index contributed by atoms with van der Waals surface area (Å²) in [7, 11) is 0. The second kappa shape index (κ2) is 7.88. The highest BCUT2D eigenvalue weighted by Gasteiger charge is 2.15. The number of aromatic nitrogens is 1. The number of hydrogen-bond donors (Lipinski definition) is 1. The number of rotatable bonds is 4. The number of carbonyl (C=O) groups is 1. The lowest BCUT2D eigenvalue weighted by Gasteiger charge is -2.13. The number of benzene rings is 3. The standard InChI is InChI=1S/C26H24N2O/c1-4-19-8-7-9-20(15-19)27-26(29)23-16-25(21-13-12-17(2)14-18(21)3)28-24-11-6-5-10-22(23)24/h5-16H,4H2,1-3H3,(H,27,29). The van der Waals surface area contributed by atoms with E-state index >= 15 is 0 Å². The fourth-order valence-electron chi connectivity index (χ4n) is 3.67. The van der Waals surface area contributed by atoms with Gasteiger partial charge >= 0.3 is 0 Å². The molecule has 0 spiro atoms. The van der Waals surface area contributed by atoms with Crippen LogP contribution in [0.25, 0.3) is 22.2 Å². The molecular formula is C26H24N2O. The van der Waals surface area contributed by atoms with Crippen molar-refractivity contribution in [1.82, 2.24) is 4.98 Å². The van der Waals surface area contributed by atoms with Gasteiger partial charge in [0.05, 0.1) is 16.8 Å². The maximum Gasteiger partial charge on any atom is 0.256 e. The maximum atomic E-state index is 13.2. The highest BCUT2D eigenvalue weighted by Crippen LogP contribution is 2.28. The Morgan fingerprint density at radius 2 is 1.76 bits per heavy atom. The van der Waals surface area contributed by atoms with Gasteiger partial charge in [-0.1, -0.05) is 61.0 Å². The van der Waals surface area contributed by atoms with Crippen LogP contribution < -0.4 is 5.32 Å². The molecule has 1 amide bonds. The van der Waals surface area contributed by atoms with Gasteiger partial charge in [0.1, 0.15) is 0 Å². The average molecular weight is 380 g/mol. The zero-order valence-electron chi connectivity index (χ0n) is 17.0. The number of nitrogens with zero attached hydrogens (tertiary/aromatic N) is 1. The molecule has 0 aliphatic rings. The molecule has 0 aliphatic carbocycles. The molecule has 3 aromatic carbocycles. The van der Waals surface area contributed by atoms with Gasteiger partial charge in [-0.15, -0.1) is 0 Å². The molecule has 0 radical (unpaired) electrons. The normalized spacial score (nSPS) is 10.9. The molecule has 29 heavy (non-hydrogen) atoms. The first-order valence-electron chi connectivity index (χ1n) is 9.93. The Labute approximate surface area is 171 Å². The van der Waals surface area contributed by atoms with Crippen LogP contribution >= 0.6 is 0 Å². The predicted molar refractivity (Wildman–Crippen MR) is 120 cm³/mol. The Balaban J connectivity index is 1.81. The van der Waals surface area contributed by atoms with Crippen LogP contribution in [0.5, 0.6) is 0 Å². The third-order valence-corrected chi connectivity index (χ3v) is 5.21. The van der Waals surface area contributed by atoms with E-state index in [2.05, 4.69) is 50.4 Å². The van der Waals surface area contributed by atoms with Crippen LogP contribution in [0, 0.1) is 13.8 Å². The lowest BCUT2D eigenvalue weighted by molar-refractivity contribution is 0.102. The molecule has 1 heterocycles. The number of amides is 1. The first-order chi connectivity index (χ1) is 14.0. The van der Waals surface area contributed by atoms with Crippen molar-refractivity contribution in [3.05, 3.63) is 95.1 Å². The van der Waals surface area contributed by atoms with Gasteiger partial charge in [-0.05, 0) is 55.7 Å². The lowest BCUT2D eigenvalue weighted by atomic mass is 9.99. The summed E-state index contributed by atoms with van der Waals surface area (Å²) in [5.41, 5.74) is 7.67. The number of carbonyl (C=O) groups excluding carboxylic acids is 1. The number of hydrogen-bond acceptors (Lipinski definition) is 2. The molecule has 0 saturated heterocycles. The minimum Gasteiger partial charge on any atom is -0.322 e. The third-order valence-electron chi connectivity index (χ3n) is 5.21. The van der Waals surface area contributed by atoms with Crippen molar-refractivity contribution in [2.24, 2.45) is 0 Å². The van der Waals surface area contributed by atoms with Gasteiger partial charge in [-0.2, -0.15) is 0 Å². The fraction of sp³-hybridized carbons (Fsp3) is 0.154. The second-order valence-electron chi connectivity index (χ2n) is 7.40. The van der Waals surface area contributed by atoms with Gasteiger partial charge in [0.25, 0.3) is 5.91 Å². The molecule has 3 nitrogen and oxygen atoms in total.